The standard InChI is InChI=1S/C17H24N2O7/c1-17(2,10-7-11(24-3)9-12(8-10)25-4)26-16(23)19-13(15(21)22)5-6-14(18)20/h7-9,13H,5-6H2,1-4H3,(H2,18,20)(H,19,23)(H,21,22)/t13-/m0/s1. The lowest BCUT2D eigenvalue weighted by molar-refractivity contribution is -0.139. The molecule has 0 bridgehead atoms. The Balaban J connectivity index is 2.89. The fraction of sp³-hybridized carbons (Fsp3) is 0.471. The Hall–Kier alpha value is -2.97. The van der Waals surface area contributed by atoms with Crippen LogP contribution in [0.15, 0.2) is 18.2 Å². The average Bonchev–Trinajstić information content (AvgIpc) is 2.57. The summed E-state index contributed by atoms with van der Waals surface area (Å²) in [4.78, 5) is 34.1. The van der Waals surface area contributed by atoms with Crippen LogP contribution in [0.25, 0.3) is 0 Å². The molecule has 1 rings (SSSR count). The number of aliphatic carboxylic acids is 1. The average molecular weight is 368 g/mol. The minimum atomic E-state index is -1.29. The second-order valence-corrected chi connectivity index (χ2v) is 6.04. The summed E-state index contributed by atoms with van der Waals surface area (Å²) < 4.78 is 15.8. The summed E-state index contributed by atoms with van der Waals surface area (Å²) in [5.41, 5.74) is 4.50. The van der Waals surface area contributed by atoms with Crippen molar-refractivity contribution in [2.75, 3.05) is 14.2 Å². The van der Waals surface area contributed by atoms with Crippen LogP contribution >= 0.6 is 0 Å². The van der Waals surface area contributed by atoms with E-state index in [0.717, 1.165) is 0 Å². The van der Waals surface area contributed by atoms with Crippen molar-refractivity contribution in [3.8, 4) is 11.5 Å². The lowest BCUT2D eigenvalue weighted by Crippen LogP contribution is -2.43. The van der Waals surface area contributed by atoms with Crippen LogP contribution < -0.4 is 20.5 Å². The number of alkyl carbamates (subject to hydrolysis) is 1. The molecule has 0 unspecified atom stereocenters. The van der Waals surface area contributed by atoms with Crippen molar-refractivity contribution >= 4 is 18.0 Å². The second-order valence-electron chi connectivity index (χ2n) is 6.04. The molecular formula is C17H24N2O7. The van der Waals surface area contributed by atoms with Crippen molar-refractivity contribution < 1.29 is 33.7 Å². The molecule has 26 heavy (non-hydrogen) atoms. The van der Waals surface area contributed by atoms with E-state index in [2.05, 4.69) is 5.32 Å². The lowest BCUT2D eigenvalue weighted by Gasteiger charge is -2.27. The van der Waals surface area contributed by atoms with E-state index in [-0.39, 0.29) is 12.8 Å². The Morgan fingerprint density at radius 2 is 1.69 bits per heavy atom. The fourth-order valence-corrected chi connectivity index (χ4v) is 2.16. The van der Waals surface area contributed by atoms with Crippen molar-refractivity contribution in [1.29, 1.82) is 0 Å². The molecule has 0 fully saturated rings. The molecule has 1 atom stereocenters. The first-order chi connectivity index (χ1) is 12.1. The van der Waals surface area contributed by atoms with Gasteiger partial charge in [0.15, 0.2) is 0 Å². The number of amides is 2. The maximum atomic E-state index is 12.1. The van der Waals surface area contributed by atoms with E-state index >= 15 is 0 Å². The molecule has 0 heterocycles. The third-order valence-electron chi connectivity index (χ3n) is 3.66. The van der Waals surface area contributed by atoms with Crippen LogP contribution in [-0.2, 0) is 19.9 Å². The Morgan fingerprint density at radius 3 is 2.12 bits per heavy atom. The van der Waals surface area contributed by atoms with E-state index in [1.807, 2.05) is 0 Å². The van der Waals surface area contributed by atoms with Gasteiger partial charge in [-0.1, -0.05) is 0 Å². The summed E-state index contributed by atoms with van der Waals surface area (Å²) in [6, 6.07) is 3.74. The van der Waals surface area contributed by atoms with Gasteiger partial charge >= 0.3 is 12.1 Å². The van der Waals surface area contributed by atoms with Crippen LogP contribution in [0.5, 0.6) is 11.5 Å². The van der Waals surface area contributed by atoms with Crippen molar-refractivity contribution in [3.63, 3.8) is 0 Å². The molecule has 1 aromatic rings. The summed E-state index contributed by atoms with van der Waals surface area (Å²) in [6.07, 6.45) is -1.24. The second kappa shape index (κ2) is 8.93. The van der Waals surface area contributed by atoms with Gasteiger partial charge in [-0.15, -0.1) is 0 Å². The normalized spacial score (nSPS) is 12.0. The minimum absolute atomic E-state index is 0.132. The van der Waals surface area contributed by atoms with Gasteiger partial charge in [0.05, 0.1) is 14.2 Å². The molecule has 0 radical (unpaired) electrons. The highest BCUT2D eigenvalue weighted by Gasteiger charge is 2.29. The van der Waals surface area contributed by atoms with Crippen LogP contribution in [0.2, 0.25) is 0 Å². The molecular weight excluding hydrogens is 344 g/mol. The number of carbonyl (C=O) groups excluding carboxylic acids is 2. The number of benzene rings is 1. The molecule has 2 amide bonds. The maximum absolute atomic E-state index is 12.1. The number of rotatable bonds is 9. The van der Waals surface area contributed by atoms with E-state index in [1.165, 1.54) is 14.2 Å². The summed E-state index contributed by atoms with van der Waals surface area (Å²) in [7, 11) is 2.99. The van der Waals surface area contributed by atoms with Crippen LogP contribution in [-0.4, -0.2) is 43.3 Å². The van der Waals surface area contributed by atoms with Crippen molar-refractivity contribution in [2.24, 2.45) is 5.73 Å². The lowest BCUT2D eigenvalue weighted by atomic mass is 9.97. The Morgan fingerprint density at radius 1 is 1.15 bits per heavy atom. The topological polar surface area (TPSA) is 137 Å². The van der Waals surface area contributed by atoms with Gasteiger partial charge in [0.25, 0.3) is 0 Å². The number of hydrogen-bond acceptors (Lipinski definition) is 6. The smallest absolute Gasteiger partial charge is 0.408 e. The van der Waals surface area contributed by atoms with Gasteiger partial charge in [0.2, 0.25) is 5.91 Å². The predicted octanol–water partition coefficient (Wildman–Crippen LogP) is 1.38. The van der Waals surface area contributed by atoms with E-state index in [0.29, 0.717) is 17.1 Å². The highest BCUT2D eigenvalue weighted by molar-refractivity contribution is 5.81. The third-order valence-corrected chi connectivity index (χ3v) is 3.66. The van der Waals surface area contributed by atoms with E-state index in [9.17, 15) is 14.4 Å². The van der Waals surface area contributed by atoms with Gasteiger partial charge in [0.1, 0.15) is 23.1 Å². The van der Waals surface area contributed by atoms with Crippen molar-refractivity contribution in [3.05, 3.63) is 23.8 Å². The molecule has 9 heteroatoms. The number of carboxylic acids is 1. The van der Waals surface area contributed by atoms with Crippen molar-refractivity contribution in [2.45, 2.75) is 38.3 Å². The molecule has 0 spiro atoms. The summed E-state index contributed by atoms with van der Waals surface area (Å²) >= 11 is 0. The molecule has 4 N–H and O–H groups in total. The molecule has 0 aliphatic carbocycles. The number of ether oxygens (including phenoxy) is 3. The molecule has 1 aromatic carbocycles. The summed E-state index contributed by atoms with van der Waals surface area (Å²) in [6.45, 7) is 3.28. The number of primary amides is 1. The molecule has 0 aromatic heterocycles. The Labute approximate surface area is 151 Å². The van der Waals surface area contributed by atoms with Gasteiger partial charge in [0, 0.05) is 18.1 Å². The quantitative estimate of drug-likeness (QED) is 0.599. The third kappa shape index (κ3) is 6.15. The van der Waals surface area contributed by atoms with Gasteiger partial charge < -0.3 is 30.4 Å². The minimum Gasteiger partial charge on any atom is -0.497 e. The highest BCUT2D eigenvalue weighted by atomic mass is 16.6. The van der Waals surface area contributed by atoms with Gasteiger partial charge in [-0.25, -0.2) is 9.59 Å². The van der Waals surface area contributed by atoms with E-state index < -0.39 is 29.6 Å². The predicted molar refractivity (Wildman–Crippen MR) is 92.0 cm³/mol. The molecule has 0 aliphatic rings. The maximum Gasteiger partial charge on any atom is 0.408 e. The number of carboxylic acid groups (broad SMARTS) is 1. The first kappa shape index (κ1) is 21.1. The van der Waals surface area contributed by atoms with Crippen molar-refractivity contribution in [1.82, 2.24) is 5.32 Å². The summed E-state index contributed by atoms with van der Waals surface area (Å²) in [5, 5.41) is 11.4. The van der Waals surface area contributed by atoms with Gasteiger partial charge in [-0.05, 0) is 32.4 Å². The first-order valence-electron chi connectivity index (χ1n) is 7.83. The zero-order valence-corrected chi connectivity index (χ0v) is 15.2. The Kier molecular flexibility index (Phi) is 7.24. The highest BCUT2D eigenvalue weighted by Crippen LogP contribution is 2.32. The molecule has 0 saturated carbocycles. The number of methoxy groups -OCH3 is 2. The largest absolute Gasteiger partial charge is 0.497 e. The Bertz CT molecular complexity index is 651. The zero-order valence-electron chi connectivity index (χ0n) is 15.2. The first-order valence-corrected chi connectivity index (χ1v) is 7.83. The van der Waals surface area contributed by atoms with Crippen LogP contribution in [0.4, 0.5) is 4.79 Å². The van der Waals surface area contributed by atoms with E-state index in [4.69, 9.17) is 25.1 Å². The monoisotopic (exact) mass is 368 g/mol. The fourth-order valence-electron chi connectivity index (χ4n) is 2.16. The molecule has 9 nitrogen and oxygen atoms in total. The number of nitrogens with one attached hydrogen (secondary N) is 1. The SMILES string of the molecule is COc1cc(OC)cc(C(C)(C)OC(=O)N[C@@H](CCC(N)=O)C(=O)O)c1. The van der Waals surface area contributed by atoms with Crippen LogP contribution in [0.3, 0.4) is 0 Å². The summed E-state index contributed by atoms with van der Waals surface area (Å²) in [5.74, 6) is -0.915. The number of nitrogens with two attached hydrogens (primary N) is 1. The zero-order chi connectivity index (χ0) is 19.9. The van der Waals surface area contributed by atoms with E-state index in [1.54, 1.807) is 32.0 Å². The molecule has 144 valence electrons. The molecule has 0 aliphatic heterocycles. The number of hydrogen-bond donors (Lipinski definition) is 3. The van der Waals surface area contributed by atoms with Crippen LogP contribution in [0, 0.1) is 0 Å². The molecule has 0 saturated heterocycles. The van der Waals surface area contributed by atoms with Crippen LogP contribution in [0.1, 0.15) is 32.3 Å². The number of carbonyl (C=O) groups is 3. The van der Waals surface area contributed by atoms with Gasteiger partial charge in [-0.2, -0.15) is 0 Å². The van der Waals surface area contributed by atoms with Gasteiger partial charge in [-0.3, -0.25) is 4.79 Å².